The molecule has 5 atom stereocenters. The van der Waals surface area contributed by atoms with Crippen LogP contribution in [0.1, 0.15) is 24.0 Å². The fourth-order valence-electron chi connectivity index (χ4n) is 5.89. The Bertz CT molecular complexity index is 788. The number of piperidine rings is 1. The lowest BCUT2D eigenvalue weighted by Crippen LogP contribution is -2.63. The van der Waals surface area contributed by atoms with E-state index in [0.717, 1.165) is 30.9 Å². The van der Waals surface area contributed by atoms with Crippen molar-refractivity contribution in [2.45, 2.75) is 36.8 Å². The van der Waals surface area contributed by atoms with E-state index in [4.69, 9.17) is 9.47 Å². The van der Waals surface area contributed by atoms with Crippen molar-refractivity contribution in [1.82, 2.24) is 4.90 Å². The van der Waals surface area contributed by atoms with Crippen LogP contribution in [-0.4, -0.2) is 48.8 Å². The lowest BCUT2D eigenvalue weighted by Gasteiger charge is -2.57. The summed E-state index contributed by atoms with van der Waals surface area (Å²) in [5, 5.41) is 9.38. The summed E-state index contributed by atoms with van der Waals surface area (Å²) in [7, 11) is 3.88. The highest BCUT2D eigenvalue weighted by Gasteiger charge is 2.64. The maximum atomic E-state index is 11.4. The molecular weight excluding hydrogens is 318 g/mol. The van der Waals surface area contributed by atoms with Crippen molar-refractivity contribution in [3.05, 3.63) is 35.4 Å². The Morgan fingerprint density at radius 2 is 2.28 bits per heavy atom. The third-order valence-electron chi connectivity index (χ3n) is 6.89. The summed E-state index contributed by atoms with van der Waals surface area (Å²) < 4.78 is 12.1. The lowest BCUT2D eigenvalue weighted by atomic mass is 9.52. The Morgan fingerprint density at radius 1 is 1.44 bits per heavy atom. The SMILES string of the molecule is COc1ccc2c3c1O[C@@H]1[C@H](CC(=O)O)C=C[C@H]4[C@@H](C2)N(C)CC[C@]314. The minimum atomic E-state index is -0.767. The Hall–Kier alpha value is -2.01. The number of carboxylic acids is 1. The summed E-state index contributed by atoms with van der Waals surface area (Å²) in [6, 6.07) is 4.63. The van der Waals surface area contributed by atoms with Crippen molar-refractivity contribution < 1.29 is 19.4 Å². The van der Waals surface area contributed by atoms with Crippen molar-refractivity contribution in [2.24, 2.45) is 11.8 Å². The molecule has 0 aromatic heterocycles. The van der Waals surface area contributed by atoms with E-state index in [-0.39, 0.29) is 23.9 Å². The average Bonchev–Trinajstić information content (AvgIpc) is 2.94. The highest BCUT2D eigenvalue weighted by Crippen LogP contribution is 2.63. The smallest absolute Gasteiger partial charge is 0.304 e. The molecule has 0 saturated carbocycles. The molecule has 2 aliphatic carbocycles. The van der Waals surface area contributed by atoms with E-state index >= 15 is 0 Å². The molecule has 0 unspecified atom stereocenters. The van der Waals surface area contributed by atoms with Gasteiger partial charge in [-0.25, -0.2) is 0 Å². The molecule has 2 aliphatic heterocycles. The van der Waals surface area contributed by atoms with Crippen LogP contribution >= 0.6 is 0 Å². The van der Waals surface area contributed by atoms with Gasteiger partial charge in [0.2, 0.25) is 0 Å². The highest BCUT2D eigenvalue weighted by atomic mass is 16.5. The lowest BCUT2D eigenvalue weighted by molar-refractivity contribution is -0.139. The number of methoxy groups -OCH3 is 1. The molecule has 5 heteroatoms. The molecule has 1 aromatic carbocycles. The van der Waals surface area contributed by atoms with E-state index in [1.165, 1.54) is 11.1 Å². The van der Waals surface area contributed by atoms with Gasteiger partial charge < -0.3 is 19.5 Å². The maximum absolute atomic E-state index is 11.4. The van der Waals surface area contributed by atoms with Gasteiger partial charge in [-0.05, 0) is 38.1 Å². The number of rotatable bonds is 3. The fraction of sp³-hybridized carbons (Fsp3) is 0.550. The molecule has 5 nitrogen and oxygen atoms in total. The minimum absolute atomic E-state index is 0.0964. The number of carbonyl (C=O) groups is 1. The van der Waals surface area contributed by atoms with Crippen molar-refractivity contribution >= 4 is 5.97 Å². The molecule has 1 saturated heterocycles. The molecule has 1 aromatic rings. The zero-order valence-electron chi connectivity index (χ0n) is 14.6. The summed E-state index contributed by atoms with van der Waals surface area (Å²) in [5.41, 5.74) is 2.53. The predicted molar refractivity (Wildman–Crippen MR) is 92.2 cm³/mol. The number of carboxylic acid groups (broad SMARTS) is 1. The Balaban J connectivity index is 1.74. The second kappa shape index (κ2) is 5.01. The number of ether oxygens (including phenoxy) is 2. The van der Waals surface area contributed by atoms with Crippen molar-refractivity contribution in [2.75, 3.05) is 20.7 Å². The summed E-state index contributed by atoms with van der Waals surface area (Å²) in [6.07, 6.45) is 6.40. The number of hydrogen-bond donors (Lipinski definition) is 1. The summed E-state index contributed by atoms with van der Waals surface area (Å²) in [6.45, 7) is 1.02. The normalized spacial score (nSPS) is 37.4. The summed E-state index contributed by atoms with van der Waals surface area (Å²) in [5.74, 6) is 1.14. The molecule has 2 bridgehead atoms. The van der Waals surface area contributed by atoms with E-state index in [1.807, 2.05) is 6.07 Å². The van der Waals surface area contributed by atoms with Gasteiger partial charge in [-0.2, -0.15) is 0 Å². The van der Waals surface area contributed by atoms with Gasteiger partial charge in [-0.15, -0.1) is 0 Å². The number of hydrogen-bond acceptors (Lipinski definition) is 4. The molecule has 132 valence electrons. The zero-order chi connectivity index (χ0) is 17.3. The van der Waals surface area contributed by atoms with Gasteiger partial charge in [-0.3, -0.25) is 4.79 Å². The van der Waals surface area contributed by atoms with E-state index in [1.54, 1.807) is 7.11 Å². The van der Waals surface area contributed by atoms with Crippen molar-refractivity contribution in [3.8, 4) is 11.5 Å². The van der Waals surface area contributed by atoms with Crippen LogP contribution in [0.4, 0.5) is 0 Å². The van der Waals surface area contributed by atoms with Crippen LogP contribution in [0, 0.1) is 11.8 Å². The Morgan fingerprint density at radius 3 is 3.04 bits per heavy atom. The average molecular weight is 341 g/mol. The molecule has 0 radical (unpaired) electrons. The number of likely N-dealkylation sites (tertiary alicyclic amines) is 1. The topological polar surface area (TPSA) is 59.0 Å². The molecule has 0 amide bonds. The van der Waals surface area contributed by atoms with Gasteiger partial charge in [0.05, 0.1) is 13.5 Å². The molecule has 5 rings (SSSR count). The summed E-state index contributed by atoms with van der Waals surface area (Å²) >= 11 is 0. The standard InChI is InChI=1S/C20H23NO4/c1-21-8-7-20-13-5-3-12(10-16(22)23)19(20)25-18-15(24-2)6-4-11(17(18)20)9-14(13)21/h3-6,12-14,19H,7-10H2,1-2H3,(H,22,23)/t12-,13-,14+,19+,20-/m0/s1. The molecule has 1 fully saturated rings. The van der Waals surface area contributed by atoms with Crippen LogP contribution in [0.5, 0.6) is 11.5 Å². The van der Waals surface area contributed by atoms with Crippen LogP contribution in [0.3, 0.4) is 0 Å². The molecule has 1 N–H and O–H groups in total. The van der Waals surface area contributed by atoms with Gasteiger partial charge in [0.15, 0.2) is 11.5 Å². The molecule has 1 spiro atoms. The van der Waals surface area contributed by atoms with Crippen LogP contribution in [-0.2, 0) is 16.6 Å². The largest absolute Gasteiger partial charge is 0.493 e. The van der Waals surface area contributed by atoms with E-state index in [0.29, 0.717) is 12.0 Å². The predicted octanol–water partition coefficient (Wildman–Crippen LogP) is 2.23. The highest BCUT2D eigenvalue weighted by molar-refractivity contribution is 5.68. The van der Waals surface area contributed by atoms with Crippen LogP contribution in [0.2, 0.25) is 0 Å². The second-order valence-corrected chi connectivity index (χ2v) is 7.88. The van der Waals surface area contributed by atoms with E-state index in [2.05, 4.69) is 30.2 Å². The van der Waals surface area contributed by atoms with Crippen molar-refractivity contribution in [3.63, 3.8) is 0 Å². The van der Waals surface area contributed by atoms with Crippen LogP contribution in [0.15, 0.2) is 24.3 Å². The first-order valence-corrected chi connectivity index (χ1v) is 9.03. The Labute approximate surface area is 147 Å². The third kappa shape index (κ3) is 1.79. The fourth-order valence-corrected chi connectivity index (χ4v) is 5.89. The quantitative estimate of drug-likeness (QED) is 0.855. The van der Waals surface area contributed by atoms with Gasteiger partial charge in [0.1, 0.15) is 6.10 Å². The molecule has 4 aliphatic rings. The molecular formula is C20H23NO4. The van der Waals surface area contributed by atoms with Crippen molar-refractivity contribution in [1.29, 1.82) is 0 Å². The third-order valence-corrected chi connectivity index (χ3v) is 6.89. The first-order valence-electron chi connectivity index (χ1n) is 9.03. The van der Waals surface area contributed by atoms with Crippen LogP contribution in [0.25, 0.3) is 0 Å². The maximum Gasteiger partial charge on any atom is 0.304 e. The molecule has 25 heavy (non-hydrogen) atoms. The first kappa shape index (κ1) is 15.3. The van der Waals surface area contributed by atoms with E-state index in [9.17, 15) is 9.90 Å². The van der Waals surface area contributed by atoms with Crippen LogP contribution < -0.4 is 9.47 Å². The van der Waals surface area contributed by atoms with E-state index < -0.39 is 5.97 Å². The number of likely N-dealkylation sites (N-methyl/N-ethyl adjacent to an activating group) is 1. The van der Waals surface area contributed by atoms with Gasteiger partial charge in [0.25, 0.3) is 0 Å². The number of aliphatic carboxylic acids is 1. The van der Waals surface area contributed by atoms with Gasteiger partial charge in [0, 0.05) is 28.9 Å². The molecule has 2 heterocycles. The number of benzene rings is 1. The minimum Gasteiger partial charge on any atom is -0.493 e. The zero-order valence-corrected chi connectivity index (χ0v) is 14.6. The monoisotopic (exact) mass is 341 g/mol. The second-order valence-electron chi connectivity index (χ2n) is 7.88. The number of nitrogens with zero attached hydrogens (tertiary/aromatic N) is 1. The van der Waals surface area contributed by atoms with Gasteiger partial charge in [-0.1, -0.05) is 18.2 Å². The Kier molecular flexibility index (Phi) is 3.06. The first-order chi connectivity index (χ1) is 12.1. The van der Waals surface area contributed by atoms with Gasteiger partial charge >= 0.3 is 5.97 Å². The summed E-state index contributed by atoms with van der Waals surface area (Å²) in [4.78, 5) is 13.9.